The predicted molar refractivity (Wildman–Crippen MR) is 81.1 cm³/mol. The maximum atomic E-state index is 12.2. The van der Waals surface area contributed by atoms with Crippen LogP contribution in [-0.2, 0) is 4.79 Å². The van der Waals surface area contributed by atoms with Crippen molar-refractivity contribution in [2.75, 3.05) is 0 Å². The van der Waals surface area contributed by atoms with Gasteiger partial charge in [0.15, 0.2) is 0 Å². The summed E-state index contributed by atoms with van der Waals surface area (Å²) in [6.45, 7) is 6.59. The molecule has 1 aromatic carbocycles. The van der Waals surface area contributed by atoms with Crippen LogP contribution in [0.3, 0.4) is 0 Å². The molecule has 0 spiro atoms. The molecule has 0 aromatic heterocycles. The number of rotatable bonds is 3. The molecule has 1 aromatic rings. The molecule has 2 aliphatic heterocycles. The molecular weight excluding hydrogens is 295 g/mol. The van der Waals surface area contributed by atoms with Gasteiger partial charge in [0.1, 0.15) is 0 Å². The molecule has 2 heterocycles. The van der Waals surface area contributed by atoms with Gasteiger partial charge in [0.25, 0.3) is 0 Å². The first-order valence-electron chi connectivity index (χ1n) is 7.18. The van der Waals surface area contributed by atoms with Gasteiger partial charge in [-0.15, -0.1) is 0 Å². The number of benzene rings is 1. The van der Waals surface area contributed by atoms with E-state index in [-0.39, 0.29) is 0 Å². The molecule has 3 rings (SSSR count). The van der Waals surface area contributed by atoms with Gasteiger partial charge in [-0.1, -0.05) is 0 Å². The topological polar surface area (TPSA) is 17.1 Å². The quantitative estimate of drug-likeness (QED) is 0.616. The van der Waals surface area contributed by atoms with Crippen molar-refractivity contribution in [2.24, 2.45) is 5.92 Å². The van der Waals surface area contributed by atoms with Crippen molar-refractivity contribution in [1.29, 1.82) is 0 Å². The molecule has 19 heavy (non-hydrogen) atoms. The second-order valence-corrected chi connectivity index (χ2v) is 11.0. The predicted octanol–water partition coefficient (Wildman–Crippen LogP) is 3.48. The Morgan fingerprint density at radius 3 is 2.53 bits per heavy atom. The van der Waals surface area contributed by atoms with Crippen molar-refractivity contribution in [3.05, 3.63) is 41.5 Å². The molecule has 0 saturated carbocycles. The summed E-state index contributed by atoms with van der Waals surface area (Å²) >= 11 is -1.13. The second-order valence-electron chi connectivity index (χ2n) is 5.73. The summed E-state index contributed by atoms with van der Waals surface area (Å²) in [7, 11) is 0. The Labute approximate surface area is 120 Å². The zero-order valence-electron chi connectivity index (χ0n) is 11.9. The van der Waals surface area contributed by atoms with Crippen LogP contribution in [0.15, 0.2) is 41.5 Å². The van der Waals surface area contributed by atoms with Crippen LogP contribution in [0.2, 0.25) is 9.41 Å². The summed E-state index contributed by atoms with van der Waals surface area (Å²) < 4.78 is 2.90. The van der Waals surface area contributed by atoms with E-state index in [1.165, 1.54) is 0 Å². The summed E-state index contributed by atoms with van der Waals surface area (Å²) in [6.07, 6.45) is 1.84. The SMILES string of the molecule is CCC(=O)[C@H]1C[C@@H]2C(C)=C(C)[C@H]1[As]2c1ccccc1. The molecular formula is C17H21AsO. The van der Waals surface area contributed by atoms with Gasteiger partial charge in [-0.3, -0.25) is 0 Å². The summed E-state index contributed by atoms with van der Waals surface area (Å²) in [4.78, 5) is 12.2. The van der Waals surface area contributed by atoms with E-state index >= 15 is 0 Å². The maximum absolute atomic E-state index is 12.2. The fourth-order valence-electron chi connectivity index (χ4n) is 3.77. The van der Waals surface area contributed by atoms with E-state index in [4.69, 9.17) is 0 Å². The first-order valence-corrected chi connectivity index (χ1v) is 10.3. The third-order valence-corrected chi connectivity index (χ3v) is 12.2. The average molecular weight is 316 g/mol. The Hall–Kier alpha value is -0.812. The number of hydrogen-bond donors (Lipinski definition) is 0. The van der Waals surface area contributed by atoms with Crippen LogP contribution in [0.1, 0.15) is 33.6 Å². The molecule has 0 N–H and O–H groups in total. The molecule has 1 saturated heterocycles. The molecule has 1 unspecified atom stereocenters. The minimum absolute atomic E-state index is 0.332. The molecule has 0 amide bonds. The number of hydrogen-bond acceptors (Lipinski definition) is 1. The minimum atomic E-state index is -1.13. The summed E-state index contributed by atoms with van der Waals surface area (Å²) in [5.74, 6) is 0.827. The van der Waals surface area contributed by atoms with Crippen molar-refractivity contribution in [2.45, 2.75) is 43.0 Å². The number of carbonyl (C=O) groups is 1. The number of fused-ring (bicyclic) bond motifs is 2. The van der Waals surface area contributed by atoms with Crippen molar-refractivity contribution < 1.29 is 4.79 Å². The van der Waals surface area contributed by atoms with Gasteiger partial charge in [-0.2, -0.15) is 0 Å². The van der Waals surface area contributed by atoms with Crippen molar-refractivity contribution in [3.8, 4) is 0 Å². The Bertz CT molecular complexity index is 531. The van der Waals surface area contributed by atoms with Gasteiger partial charge in [-0.05, 0) is 0 Å². The van der Waals surface area contributed by atoms with E-state index in [1.54, 1.807) is 15.5 Å². The first-order chi connectivity index (χ1) is 9.15. The Kier molecular flexibility index (Phi) is 3.43. The monoisotopic (exact) mass is 316 g/mol. The normalized spacial score (nSPS) is 33.0. The second kappa shape index (κ2) is 4.94. The van der Waals surface area contributed by atoms with E-state index in [0.717, 1.165) is 11.1 Å². The standard InChI is InChI=1S/C17H21AsO/c1-4-16(19)14-10-15-11(2)12(3)17(14)18(15)13-8-6-5-7-9-13/h5-9,14-15,17H,4,10H2,1-3H3/t14-,15-,17-,18?/m1/s1. The van der Waals surface area contributed by atoms with Crippen LogP contribution < -0.4 is 4.35 Å². The Balaban J connectivity index is 1.99. The molecule has 2 aliphatic rings. The summed E-state index contributed by atoms with van der Waals surface area (Å²) in [5.41, 5.74) is 3.15. The molecule has 1 nitrogen and oxygen atoms in total. The molecule has 4 atom stereocenters. The van der Waals surface area contributed by atoms with Crippen LogP contribution in [0.5, 0.6) is 0 Å². The van der Waals surface area contributed by atoms with Crippen LogP contribution in [0.4, 0.5) is 0 Å². The van der Waals surface area contributed by atoms with E-state index in [9.17, 15) is 4.79 Å². The van der Waals surface area contributed by atoms with Crippen LogP contribution >= 0.6 is 0 Å². The van der Waals surface area contributed by atoms with Gasteiger partial charge in [0.2, 0.25) is 0 Å². The van der Waals surface area contributed by atoms with Gasteiger partial charge in [-0.25, -0.2) is 0 Å². The molecule has 0 radical (unpaired) electrons. The zero-order chi connectivity index (χ0) is 13.6. The Morgan fingerprint density at radius 2 is 1.89 bits per heavy atom. The summed E-state index contributed by atoms with van der Waals surface area (Å²) in [6, 6.07) is 11.0. The van der Waals surface area contributed by atoms with E-state index in [1.807, 2.05) is 6.92 Å². The third kappa shape index (κ3) is 1.94. The van der Waals surface area contributed by atoms with Crippen molar-refractivity contribution >= 4 is 24.8 Å². The first kappa shape index (κ1) is 13.2. The van der Waals surface area contributed by atoms with Gasteiger partial charge in [0, 0.05) is 0 Å². The fourth-order valence-corrected chi connectivity index (χ4v) is 12.1. The number of Topliss-reactive ketones (excluding diaryl/α,β-unsaturated/α-hetero) is 1. The van der Waals surface area contributed by atoms with Crippen LogP contribution in [0, 0.1) is 5.92 Å². The molecule has 2 bridgehead atoms. The van der Waals surface area contributed by atoms with Crippen LogP contribution in [0.25, 0.3) is 0 Å². The molecule has 100 valence electrons. The summed E-state index contributed by atoms with van der Waals surface area (Å²) in [5, 5.41) is 0. The van der Waals surface area contributed by atoms with Crippen molar-refractivity contribution in [3.63, 3.8) is 0 Å². The number of allylic oxidation sites excluding steroid dienone is 2. The van der Waals surface area contributed by atoms with Crippen LogP contribution in [-0.4, -0.2) is 20.4 Å². The number of ketones is 1. The molecule has 0 aliphatic carbocycles. The van der Waals surface area contributed by atoms with Crippen molar-refractivity contribution in [1.82, 2.24) is 0 Å². The van der Waals surface area contributed by atoms with Gasteiger partial charge >= 0.3 is 120 Å². The van der Waals surface area contributed by atoms with E-state index in [0.29, 0.717) is 22.8 Å². The van der Waals surface area contributed by atoms with E-state index in [2.05, 4.69) is 44.2 Å². The Morgan fingerprint density at radius 1 is 1.21 bits per heavy atom. The zero-order valence-corrected chi connectivity index (χ0v) is 13.8. The molecule has 1 fully saturated rings. The fraction of sp³-hybridized carbons (Fsp3) is 0.471. The average Bonchev–Trinajstić information content (AvgIpc) is 2.94. The van der Waals surface area contributed by atoms with E-state index < -0.39 is 14.7 Å². The third-order valence-electron chi connectivity index (χ3n) is 4.88. The molecule has 2 heteroatoms. The van der Waals surface area contributed by atoms with Gasteiger partial charge < -0.3 is 0 Å². The van der Waals surface area contributed by atoms with Gasteiger partial charge in [0.05, 0.1) is 0 Å². The number of carbonyl (C=O) groups excluding carboxylic acids is 1.